The Morgan fingerprint density at radius 3 is 2.71 bits per heavy atom. The Balaban J connectivity index is 0.00000272. The van der Waals surface area contributed by atoms with Crippen LogP contribution >= 0.6 is 24.0 Å². The van der Waals surface area contributed by atoms with Gasteiger partial charge in [0.1, 0.15) is 5.75 Å². The van der Waals surface area contributed by atoms with Gasteiger partial charge < -0.3 is 15.4 Å². The molecule has 0 bridgehead atoms. The minimum absolute atomic E-state index is 0. The van der Waals surface area contributed by atoms with Crippen molar-refractivity contribution in [2.45, 2.75) is 25.7 Å². The minimum Gasteiger partial charge on any atom is -0.497 e. The number of rotatable bonds is 5. The third kappa shape index (κ3) is 4.87. The number of nitrogens with one attached hydrogen (secondary N) is 2. The van der Waals surface area contributed by atoms with E-state index < -0.39 is 0 Å². The first-order valence-corrected chi connectivity index (χ1v) is 10.5. The van der Waals surface area contributed by atoms with E-state index in [0.717, 1.165) is 42.9 Å². The van der Waals surface area contributed by atoms with E-state index in [4.69, 9.17) is 16.3 Å². The summed E-state index contributed by atoms with van der Waals surface area (Å²) >= 11 is 6.36. The van der Waals surface area contributed by atoms with Gasteiger partial charge in [0.25, 0.3) is 5.91 Å². The van der Waals surface area contributed by atoms with Crippen molar-refractivity contribution in [3.63, 3.8) is 0 Å². The molecular weight excluding hydrogens is 435 g/mol. The van der Waals surface area contributed by atoms with E-state index in [1.807, 2.05) is 48.0 Å². The SMILES string of the molecule is COc1cccc(NC(=O)c2cnn(-c3cccc(Cl)c3C)c2C2CCNCC2)c1.Cl. The van der Waals surface area contributed by atoms with Crippen LogP contribution in [0.1, 0.15) is 40.4 Å². The zero-order valence-electron chi connectivity index (χ0n) is 17.5. The van der Waals surface area contributed by atoms with Gasteiger partial charge in [0, 0.05) is 22.7 Å². The van der Waals surface area contributed by atoms with Crippen molar-refractivity contribution < 1.29 is 9.53 Å². The second-order valence-corrected chi connectivity index (χ2v) is 7.86. The highest BCUT2D eigenvalue weighted by molar-refractivity contribution is 6.31. The molecule has 0 atom stereocenters. The molecular formula is C23H26Cl2N4O2. The van der Waals surface area contributed by atoms with Gasteiger partial charge in [-0.2, -0.15) is 5.10 Å². The van der Waals surface area contributed by atoms with Crippen molar-refractivity contribution in [2.75, 3.05) is 25.5 Å². The summed E-state index contributed by atoms with van der Waals surface area (Å²) in [6, 6.07) is 13.1. The van der Waals surface area contributed by atoms with E-state index in [1.54, 1.807) is 19.4 Å². The Morgan fingerprint density at radius 2 is 1.97 bits per heavy atom. The van der Waals surface area contributed by atoms with Crippen molar-refractivity contribution in [1.82, 2.24) is 15.1 Å². The molecule has 0 aliphatic carbocycles. The highest BCUT2D eigenvalue weighted by Crippen LogP contribution is 2.32. The molecule has 0 spiro atoms. The Morgan fingerprint density at radius 1 is 1.23 bits per heavy atom. The smallest absolute Gasteiger partial charge is 0.259 e. The Hall–Kier alpha value is -2.54. The third-order valence-corrected chi connectivity index (χ3v) is 5.98. The molecule has 2 aromatic carbocycles. The predicted octanol–water partition coefficient (Wildman–Crippen LogP) is 4.98. The molecule has 8 heteroatoms. The summed E-state index contributed by atoms with van der Waals surface area (Å²) < 4.78 is 7.15. The molecule has 1 aromatic heterocycles. The molecule has 1 aliphatic heterocycles. The molecule has 0 unspecified atom stereocenters. The molecule has 0 saturated carbocycles. The molecule has 3 aromatic rings. The molecule has 6 nitrogen and oxygen atoms in total. The van der Waals surface area contributed by atoms with Crippen LogP contribution in [0, 0.1) is 6.92 Å². The molecule has 1 saturated heterocycles. The number of methoxy groups -OCH3 is 1. The highest BCUT2D eigenvalue weighted by atomic mass is 35.5. The van der Waals surface area contributed by atoms with Gasteiger partial charge in [-0.3, -0.25) is 4.79 Å². The summed E-state index contributed by atoms with van der Waals surface area (Å²) in [6.07, 6.45) is 3.56. The van der Waals surface area contributed by atoms with Gasteiger partial charge in [-0.25, -0.2) is 4.68 Å². The van der Waals surface area contributed by atoms with Gasteiger partial charge in [0.05, 0.1) is 30.3 Å². The standard InChI is InChI=1S/C23H25ClN4O2.ClH/c1-15-20(24)7-4-8-21(15)28-22(16-9-11-25-12-10-16)19(14-26-28)23(29)27-17-5-3-6-18(13-17)30-2;/h3-8,13-14,16,25H,9-12H2,1-2H3,(H,27,29);1H. The molecule has 164 valence electrons. The molecule has 2 N–H and O–H groups in total. The maximum absolute atomic E-state index is 13.2. The van der Waals surface area contributed by atoms with Crippen LogP contribution in [0.3, 0.4) is 0 Å². The Kier molecular flexibility index (Phi) is 7.59. The van der Waals surface area contributed by atoms with Crippen molar-refractivity contribution in [3.05, 3.63) is 70.5 Å². The zero-order valence-corrected chi connectivity index (χ0v) is 19.1. The van der Waals surface area contributed by atoms with E-state index in [-0.39, 0.29) is 24.2 Å². The number of hydrogen-bond donors (Lipinski definition) is 2. The number of amides is 1. The summed E-state index contributed by atoms with van der Waals surface area (Å²) in [5, 5.41) is 11.7. The number of halogens is 2. The first kappa shape index (κ1) is 23.1. The van der Waals surface area contributed by atoms with Crippen LogP contribution in [0.15, 0.2) is 48.7 Å². The van der Waals surface area contributed by atoms with E-state index in [1.165, 1.54) is 0 Å². The third-order valence-electron chi connectivity index (χ3n) is 5.57. The number of anilines is 1. The summed E-state index contributed by atoms with van der Waals surface area (Å²) in [5.74, 6) is 0.748. The fourth-order valence-electron chi connectivity index (χ4n) is 3.94. The molecule has 1 aliphatic rings. The number of benzene rings is 2. The van der Waals surface area contributed by atoms with E-state index >= 15 is 0 Å². The lowest BCUT2D eigenvalue weighted by Crippen LogP contribution is -2.29. The number of ether oxygens (including phenoxy) is 1. The van der Waals surface area contributed by atoms with Crippen LogP contribution in [0.25, 0.3) is 5.69 Å². The van der Waals surface area contributed by atoms with Crippen LogP contribution in [-0.4, -0.2) is 35.9 Å². The predicted molar refractivity (Wildman–Crippen MR) is 126 cm³/mol. The van der Waals surface area contributed by atoms with Crippen molar-refractivity contribution in [1.29, 1.82) is 0 Å². The van der Waals surface area contributed by atoms with Gasteiger partial charge in [-0.1, -0.05) is 23.7 Å². The van der Waals surface area contributed by atoms with Gasteiger partial charge >= 0.3 is 0 Å². The molecule has 2 heterocycles. The Labute approximate surface area is 193 Å². The molecule has 4 rings (SSSR count). The van der Waals surface area contributed by atoms with Crippen LogP contribution < -0.4 is 15.4 Å². The average molecular weight is 461 g/mol. The van der Waals surface area contributed by atoms with Gasteiger partial charge in [0.15, 0.2) is 0 Å². The summed E-state index contributed by atoms with van der Waals surface area (Å²) in [4.78, 5) is 13.2. The lowest BCUT2D eigenvalue weighted by Gasteiger charge is -2.25. The molecule has 1 amide bonds. The maximum Gasteiger partial charge on any atom is 0.259 e. The van der Waals surface area contributed by atoms with Crippen LogP contribution in [-0.2, 0) is 0 Å². The number of carbonyl (C=O) groups excluding carboxylic acids is 1. The quantitative estimate of drug-likeness (QED) is 0.562. The highest BCUT2D eigenvalue weighted by Gasteiger charge is 2.27. The van der Waals surface area contributed by atoms with Crippen molar-refractivity contribution in [2.24, 2.45) is 0 Å². The molecule has 31 heavy (non-hydrogen) atoms. The largest absolute Gasteiger partial charge is 0.497 e. The Bertz CT molecular complexity index is 1060. The van der Waals surface area contributed by atoms with Crippen LogP contribution in [0.2, 0.25) is 5.02 Å². The first-order valence-electron chi connectivity index (χ1n) is 10.1. The van der Waals surface area contributed by atoms with E-state index in [2.05, 4.69) is 15.7 Å². The van der Waals surface area contributed by atoms with Crippen LogP contribution in [0.5, 0.6) is 5.75 Å². The summed E-state index contributed by atoms with van der Waals surface area (Å²) in [6.45, 7) is 3.81. The van der Waals surface area contributed by atoms with E-state index in [9.17, 15) is 4.79 Å². The number of aromatic nitrogens is 2. The second-order valence-electron chi connectivity index (χ2n) is 7.45. The zero-order chi connectivity index (χ0) is 21.1. The lowest BCUT2D eigenvalue weighted by molar-refractivity contribution is 0.102. The fourth-order valence-corrected chi connectivity index (χ4v) is 4.11. The van der Waals surface area contributed by atoms with Crippen molar-refractivity contribution >= 4 is 35.6 Å². The molecule has 1 fully saturated rings. The second kappa shape index (κ2) is 10.2. The van der Waals surface area contributed by atoms with Gasteiger partial charge in [0.2, 0.25) is 0 Å². The average Bonchev–Trinajstić information content (AvgIpc) is 3.21. The van der Waals surface area contributed by atoms with Crippen molar-refractivity contribution in [3.8, 4) is 11.4 Å². The number of carbonyl (C=O) groups is 1. The van der Waals surface area contributed by atoms with Gasteiger partial charge in [-0.15, -0.1) is 12.4 Å². The van der Waals surface area contributed by atoms with Crippen LogP contribution in [0.4, 0.5) is 5.69 Å². The monoisotopic (exact) mass is 460 g/mol. The fraction of sp³-hybridized carbons (Fsp3) is 0.304. The summed E-state index contributed by atoms with van der Waals surface area (Å²) in [7, 11) is 1.60. The number of piperidine rings is 1. The van der Waals surface area contributed by atoms with E-state index in [0.29, 0.717) is 22.0 Å². The first-order chi connectivity index (χ1) is 14.6. The molecule has 0 radical (unpaired) electrons. The topological polar surface area (TPSA) is 68.2 Å². The summed E-state index contributed by atoms with van der Waals surface area (Å²) in [5.41, 5.74) is 4.04. The van der Waals surface area contributed by atoms with Gasteiger partial charge in [-0.05, 0) is 62.7 Å². The normalized spacial score (nSPS) is 14.0. The number of hydrogen-bond acceptors (Lipinski definition) is 4. The number of nitrogens with zero attached hydrogens (tertiary/aromatic N) is 2. The minimum atomic E-state index is -0.178. The maximum atomic E-state index is 13.2. The lowest BCUT2D eigenvalue weighted by atomic mass is 9.91.